The SMILES string of the molecule is COC(=O)C1C([O-])=CC(=O)CC1CCSc1ncc(C)cc1Cl.Cc1cnc(SCCC2CC(=O)C=C(O)C2)c(Cl)c1.[Na+]. The van der Waals surface area contributed by atoms with Crippen LogP contribution in [0.3, 0.4) is 0 Å². The second-order valence-corrected chi connectivity index (χ2v) is 13.2. The number of pyridine rings is 2. The number of carbonyl (C=O) groups excluding carboxylic acids is 3. The van der Waals surface area contributed by atoms with Gasteiger partial charge in [0, 0.05) is 37.7 Å². The molecule has 4 rings (SSSR count). The first-order valence-electron chi connectivity index (χ1n) is 13.4. The molecule has 226 valence electrons. The maximum atomic E-state index is 11.9. The Bertz CT molecular complexity index is 1370. The first-order chi connectivity index (χ1) is 20.0. The number of aromatic nitrogens is 2. The van der Waals surface area contributed by atoms with Crippen LogP contribution in [0.5, 0.6) is 0 Å². The first-order valence-corrected chi connectivity index (χ1v) is 16.1. The van der Waals surface area contributed by atoms with Gasteiger partial charge in [-0.15, -0.1) is 29.3 Å². The van der Waals surface area contributed by atoms with Gasteiger partial charge in [0.15, 0.2) is 11.6 Å². The van der Waals surface area contributed by atoms with Crippen molar-refractivity contribution in [1.29, 1.82) is 0 Å². The maximum absolute atomic E-state index is 11.9. The first kappa shape index (κ1) is 37.7. The molecule has 1 N–H and O–H groups in total. The van der Waals surface area contributed by atoms with Gasteiger partial charge in [0.05, 0.1) is 28.8 Å². The molecule has 0 fully saturated rings. The largest absolute Gasteiger partial charge is 1.00 e. The molecular formula is C30H33Cl2N2NaO6S2. The quantitative estimate of drug-likeness (QED) is 0.241. The summed E-state index contributed by atoms with van der Waals surface area (Å²) in [5.41, 5.74) is 2.02. The van der Waals surface area contributed by atoms with E-state index in [-0.39, 0.29) is 65.1 Å². The van der Waals surface area contributed by atoms with Gasteiger partial charge in [0.25, 0.3) is 0 Å². The molecule has 0 saturated heterocycles. The topological polar surface area (TPSA) is 130 Å². The third-order valence-corrected chi connectivity index (χ3v) is 9.57. The van der Waals surface area contributed by atoms with Crippen molar-refractivity contribution in [3.8, 4) is 0 Å². The van der Waals surface area contributed by atoms with Gasteiger partial charge in [-0.05, 0) is 79.4 Å². The molecule has 0 bridgehead atoms. The molecule has 3 unspecified atom stereocenters. The molecule has 3 atom stereocenters. The Kier molecular flexibility index (Phi) is 16.1. The van der Waals surface area contributed by atoms with Crippen molar-refractivity contribution in [2.45, 2.75) is 56.0 Å². The van der Waals surface area contributed by atoms with E-state index >= 15 is 0 Å². The number of carbonyl (C=O) groups is 3. The number of aliphatic hydroxyl groups excluding tert-OH is 1. The van der Waals surface area contributed by atoms with E-state index in [9.17, 15) is 24.6 Å². The summed E-state index contributed by atoms with van der Waals surface area (Å²) in [6, 6.07) is 3.73. The fraction of sp³-hybridized carbons (Fsp3) is 0.433. The zero-order valence-corrected chi connectivity index (χ0v) is 29.7. The van der Waals surface area contributed by atoms with Crippen LogP contribution in [0, 0.1) is 31.6 Å². The number of halogens is 2. The molecule has 0 amide bonds. The van der Waals surface area contributed by atoms with E-state index in [2.05, 4.69) is 9.97 Å². The minimum absolute atomic E-state index is 0. The van der Waals surface area contributed by atoms with Crippen LogP contribution in [-0.2, 0) is 19.1 Å². The number of ether oxygens (including phenoxy) is 1. The van der Waals surface area contributed by atoms with Crippen LogP contribution in [0.1, 0.15) is 43.2 Å². The van der Waals surface area contributed by atoms with Gasteiger partial charge >= 0.3 is 35.5 Å². The summed E-state index contributed by atoms with van der Waals surface area (Å²) in [5, 5.41) is 24.1. The smallest absolute Gasteiger partial charge is 0.875 e. The van der Waals surface area contributed by atoms with Gasteiger partial charge in [0.1, 0.15) is 10.1 Å². The summed E-state index contributed by atoms with van der Waals surface area (Å²) >= 11 is 15.3. The predicted molar refractivity (Wildman–Crippen MR) is 164 cm³/mol. The van der Waals surface area contributed by atoms with Crippen molar-refractivity contribution in [2.24, 2.45) is 17.8 Å². The normalized spacial score (nSPS) is 19.8. The molecule has 0 saturated carbocycles. The molecule has 0 spiro atoms. The van der Waals surface area contributed by atoms with E-state index in [1.807, 2.05) is 26.0 Å². The molecule has 2 aromatic heterocycles. The number of hydrogen-bond acceptors (Lipinski definition) is 10. The zero-order chi connectivity index (χ0) is 30.8. The Morgan fingerprint density at radius 1 is 0.953 bits per heavy atom. The molecule has 0 aromatic carbocycles. The van der Waals surface area contributed by atoms with Gasteiger partial charge in [0.2, 0.25) is 0 Å². The molecule has 43 heavy (non-hydrogen) atoms. The number of thioether (sulfide) groups is 2. The van der Waals surface area contributed by atoms with Gasteiger partial charge in [-0.25, -0.2) is 9.97 Å². The number of aryl methyl sites for hydroxylation is 2. The Morgan fingerprint density at radius 2 is 1.49 bits per heavy atom. The second kappa shape index (κ2) is 18.4. The third-order valence-electron chi connectivity index (χ3n) is 6.70. The number of methoxy groups -OCH3 is 1. The van der Waals surface area contributed by atoms with Crippen molar-refractivity contribution in [1.82, 2.24) is 9.97 Å². The Labute approximate surface area is 292 Å². The Morgan fingerprint density at radius 3 is 2.00 bits per heavy atom. The van der Waals surface area contributed by atoms with E-state index in [4.69, 9.17) is 27.9 Å². The molecule has 0 aliphatic heterocycles. The van der Waals surface area contributed by atoms with Crippen LogP contribution in [0.25, 0.3) is 0 Å². The maximum Gasteiger partial charge on any atom is 1.00 e. The molecule has 0 radical (unpaired) electrons. The van der Waals surface area contributed by atoms with E-state index in [0.29, 0.717) is 40.1 Å². The monoisotopic (exact) mass is 674 g/mol. The molecule has 2 heterocycles. The molecule has 13 heteroatoms. The average Bonchev–Trinajstić information content (AvgIpc) is 2.90. The average molecular weight is 676 g/mol. The molecule has 2 aromatic rings. The summed E-state index contributed by atoms with van der Waals surface area (Å²) in [6.07, 6.45) is 8.58. The molecule has 2 aliphatic carbocycles. The fourth-order valence-electron chi connectivity index (χ4n) is 4.66. The molecule has 2 aliphatic rings. The minimum atomic E-state index is -0.889. The zero-order valence-electron chi connectivity index (χ0n) is 24.6. The van der Waals surface area contributed by atoms with E-state index in [1.54, 1.807) is 24.2 Å². The number of aliphatic hydroxyl groups is 1. The minimum Gasteiger partial charge on any atom is -0.875 e. The third kappa shape index (κ3) is 12.1. The summed E-state index contributed by atoms with van der Waals surface area (Å²) in [7, 11) is 1.24. The van der Waals surface area contributed by atoms with E-state index in [0.717, 1.165) is 34.4 Å². The van der Waals surface area contributed by atoms with Crippen LogP contribution in [0.15, 0.2) is 58.2 Å². The number of allylic oxidation sites excluding steroid dienone is 3. The number of ketones is 2. The van der Waals surface area contributed by atoms with Gasteiger partial charge in [-0.1, -0.05) is 23.2 Å². The van der Waals surface area contributed by atoms with Crippen molar-refractivity contribution in [2.75, 3.05) is 18.6 Å². The van der Waals surface area contributed by atoms with Crippen molar-refractivity contribution < 1.29 is 58.9 Å². The van der Waals surface area contributed by atoms with Crippen LogP contribution >= 0.6 is 46.7 Å². The Hall–Kier alpha value is -1.53. The second-order valence-electron chi connectivity index (χ2n) is 10.2. The van der Waals surface area contributed by atoms with Crippen LogP contribution in [-0.4, -0.2) is 51.2 Å². The van der Waals surface area contributed by atoms with E-state index in [1.165, 1.54) is 24.9 Å². The van der Waals surface area contributed by atoms with Crippen LogP contribution in [0.2, 0.25) is 10.0 Å². The van der Waals surface area contributed by atoms with Gasteiger partial charge in [-0.2, -0.15) is 0 Å². The fourth-order valence-corrected chi connectivity index (χ4v) is 7.34. The summed E-state index contributed by atoms with van der Waals surface area (Å²) < 4.78 is 4.69. The Balaban J connectivity index is 0.000000298. The van der Waals surface area contributed by atoms with Crippen LogP contribution in [0.4, 0.5) is 0 Å². The summed E-state index contributed by atoms with van der Waals surface area (Å²) in [4.78, 5) is 43.3. The number of esters is 1. The molecular weight excluding hydrogens is 642 g/mol. The van der Waals surface area contributed by atoms with Crippen molar-refractivity contribution in [3.63, 3.8) is 0 Å². The summed E-state index contributed by atoms with van der Waals surface area (Å²) in [5.74, 6) is -0.609. The van der Waals surface area contributed by atoms with Crippen LogP contribution < -0.4 is 34.7 Å². The van der Waals surface area contributed by atoms with Gasteiger partial charge in [-0.3, -0.25) is 14.4 Å². The standard InChI is InChI=1S/C16H18ClNO4S.C14H16ClNO2S.Na/c1-9-5-12(17)15(18-8-9)23-4-3-10-6-11(19)7-13(20)14(10)16(21)22-2;1-9-4-13(15)14(16-8-9)19-3-2-10-5-11(17)7-12(18)6-10;/h5,7-8,10,14,20H,3-4,6H2,1-2H3;4,7-8,10,17H,2-3,5-6H2,1H3;/q;;+1/p-1. The number of hydrogen-bond donors (Lipinski definition) is 1. The van der Waals surface area contributed by atoms with E-state index < -0.39 is 17.6 Å². The number of rotatable bonds is 9. The summed E-state index contributed by atoms with van der Waals surface area (Å²) in [6.45, 7) is 3.86. The van der Waals surface area contributed by atoms with Gasteiger partial charge < -0.3 is 14.9 Å². The number of nitrogens with zero attached hydrogens (tertiary/aromatic N) is 2. The molecule has 8 nitrogen and oxygen atoms in total. The predicted octanol–water partition coefficient (Wildman–Crippen LogP) is 3.10. The van der Waals surface area contributed by atoms with Crippen molar-refractivity contribution >= 4 is 64.3 Å². The van der Waals surface area contributed by atoms with Crippen molar-refractivity contribution in [3.05, 3.63) is 69.4 Å².